The van der Waals surface area contributed by atoms with Gasteiger partial charge in [-0.05, 0) is 42.5 Å². The van der Waals surface area contributed by atoms with E-state index in [1.807, 2.05) is 54.4 Å². The molecule has 32 heavy (non-hydrogen) atoms. The van der Waals surface area contributed by atoms with Gasteiger partial charge in [0.25, 0.3) is 0 Å². The molecular weight excluding hydrogens is 422 g/mol. The van der Waals surface area contributed by atoms with E-state index >= 15 is 0 Å². The third kappa shape index (κ3) is 4.83. The van der Waals surface area contributed by atoms with Gasteiger partial charge in [0.1, 0.15) is 0 Å². The number of nitrogens with one attached hydrogen (secondary N) is 2. The molecule has 0 radical (unpaired) electrons. The lowest BCUT2D eigenvalue weighted by Crippen LogP contribution is -2.43. The number of carbonyl (C=O) groups excluding carboxylic acids is 2. The fraction of sp³-hybridized carbons (Fsp3) is 0.385. The number of nitrogens with zero attached hydrogens (tertiary/aromatic N) is 1. The van der Waals surface area contributed by atoms with E-state index in [9.17, 15) is 9.59 Å². The monoisotopic (exact) mass is 451 g/mol. The molecule has 0 aliphatic carbocycles. The highest BCUT2D eigenvalue weighted by Crippen LogP contribution is 2.34. The number of rotatable bonds is 7. The van der Waals surface area contributed by atoms with Crippen LogP contribution in [0.3, 0.4) is 0 Å². The summed E-state index contributed by atoms with van der Waals surface area (Å²) in [7, 11) is 0. The predicted octanol–water partition coefficient (Wildman–Crippen LogP) is 5.11. The molecule has 2 heterocycles. The number of H-pyrrole nitrogens is 1. The smallest absolute Gasteiger partial charge is 0.223 e. The molecule has 1 aromatic heterocycles. The second kappa shape index (κ2) is 10.2. The van der Waals surface area contributed by atoms with Gasteiger partial charge in [-0.25, -0.2) is 0 Å². The van der Waals surface area contributed by atoms with E-state index in [0.29, 0.717) is 43.9 Å². The highest BCUT2D eigenvalue weighted by Gasteiger charge is 2.28. The number of piperidine rings is 1. The summed E-state index contributed by atoms with van der Waals surface area (Å²) < 4.78 is 0. The quantitative estimate of drug-likeness (QED) is 0.524. The topological polar surface area (TPSA) is 65.2 Å². The number of halogens is 1. The van der Waals surface area contributed by atoms with Gasteiger partial charge in [-0.1, -0.05) is 54.9 Å². The average molecular weight is 452 g/mol. The third-order valence-corrected chi connectivity index (χ3v) is 6.78. The number of carbonyl (C=O) groups is 2. The van der Waals surface area contributed by atoms with Crippen LogP contribution in [0.4, 0.5) is 0 Å². The lowest BCUT2D eigenvalue weighted by molar-refractivity contribution is -0.135. The van der Waals surface area contributed by atoms with E-state index in [2.05, 4.69) is 22.4 Å². The van der Waals surface area contributed by atoms with Gasteiger partial charge in [-0.15, -0.1) is 0 Å². The van der Waals surface area contributed by atoms with Crippen LogP contribution in [0.1, 0.15) is 49.7 Å². The highest BCUT2D eigenvalue weighted by atomic mass is 35.5. The van der Waals surface area contributed by atoms with Crippen molar-refractivity contribution in [2.45, 2.75) is 38.5 Å². The van der Waals surface area contributed by atoms with Crippen LogP contribution in [0.5, 0.6) is 0 Å². The van der Waals surface area contributed by atoms with E-state index < -0.39 is 0 Å². The fourth-order valence-corrected chi connectivity index (χ4v) is 4.90. The lowest BCUT2D eigenvalue weighted by atomic mass is 9.90. The first-order valence-electron chi connectivity index (χ1n) is 11.4. The maximum absolute atomic E-state index is 13.0. The van der Waals surface area contributed by atoms with Crippen molar-refractivity contribution in [3.8, 4) is 0 Å². The molecule has 1 saturated heterocycles. The highest BCUT2D eigenvalue weighted by molar-refractivity contribution is 6.31. The number of hydrogen-bond acceptors (Lipinski definition) is 2. The summed E-state index contributed by atoms with van der Waals surface area (Å²) in [4.78, 5) is 30.4. The zero-order valence-corrected chi connectivity index (χ0v) is 19.2. The second-order valence-electron chi connectivity index (χ2n) is 8.51. The van der Waals surface area contributed by atoms with E-state index in [1.54, 1.807) is 0 Å². The zero-order valence-electron chi connectivity index (χ0n) is 18.4. The molecular formula is C26H30ClN3O2. The van der Waals surface area contributed by atoms with Crippen LogP contribution >= 0.6 is 11.6 Å². The molecule has 2 N–H and O–H groups in total. The van der Waals surface area contributed by atoms with Crippen LogP contribution in [0.2, 0.25) is 5.02 Å². The summed E-state index contributed by atoms with van der Waals surface area (Å²) in [5.74, 6) is 0.138. The van der Waals surface area contributed by atoms with Gasteiger partial charge in [-0.3, -0.25) is 9.59 Å². The number of amides is 2. The summed E-state index contributed by atoms with van der Waals surface area (Å²) in [5, 5.41) is 5.01. The molecule has 168 valence electrons. The predicted molar refractivity (Wildman–Crippen MR) is 129 cm³/mol. The van der Waals surface area contributed by atoms with Crippen LogP contribution < -0.4 is 5.32 Å². The molecule has 2 aromatic carbocycles. The van der Waals surface area contributed by atoms with Crippen molar-refractivity contribution in [1.29, 1.82) is 0 Å². The number of likely N-dealkylation sites (tertiary alicyclic amines) is 1. The number of para-hydroxylation sites is 1. The van der Waals surface area contributed by atoms with Crippen molar-refractivity contribution >= 4 is 34.3 Å². The lowest BCUT2D eigenvalue weighted by Gasteiger charge is -2.31. The SMILES string of the molecule is CCCC(=O)N1CCC(C(=O)NCC(c2ccccc2Cl)c2c[nH]c3ccccc23)CC1. The molecule has 1 atom stereocenters. The standard InChI is InChI=1S/C26H30ClN3O2/c1-2-7-25(31)30-14-12-18(13-15-30)26(32)29-17-21(19-8-3-5-10-23(19)27)22-16-28-24-11-6-4-9-20(22)24/h3-6,8-11,16,18,21,28H,2,7,12-15,17H2,1H3,(H,29,32). The molecule has 0 bridgehead atoms. The first-order chi connectivity index (χ1) is 15.6. The second-order valence-corrected chi connectivity index (χ2v) is 8.92. The molecule has 1 fully saturated rings. The fourth-order valence-electron chi connectivity index (χ4n) is 4.64. The van der Waals surface area contributed by atoms with Crippen molar-refractivity contribution < 1.29 is 9.59 Å². The molecule has 1 unspecified atom stereocenters. The summed E-state index contributed by atoms with van der Waals surface area (Å²) >= 11 is 6.56. The van der Waals surface area contributed by atoms with Crippen molar-refractivity contribution in [2.24, 2.45) is 5.92 Å². The average Bonchev–Trinajstić information content (AvgIpc) is 3.24. The molecule has 0 spiro atoms. The first kappa shape index (κ1) is 22.4. The van der Waals surface area contributed by atoms with Gasteiger partial charge < -0.3 is 15.2 Å². The van der Waals surface area contributed by atoms with Gasteiger partial charge in [0, 0.05) is 60.0 Å². The van der Waals surface area contributed by atoms with Gasteiger partial charge in [-0.2, -0.15) is 0 Å². The first-order valence-corrected chi connectivity index (χ1v) is 11.8. The Hall–Kier alpha value is -2.79. The summed E-state index contributed by atoms with van der Waals surface area (Å²) in [6.07, 6.45) is 4.89. The molecule has 6 heteroatoms. The number of benzene rings is 2. The normalized spacial score (nSPS) is 15.6. The maximum atomic E-state index is 13.0. The molecule has 1 aliphatic rings. The Morgan fingerprint density at radius 1 is 1.09 bits per heavy atom. The van der Waals surface area contributed by atoms with Crippen molar-refractivity contribution in [2.75, 3.05) is 19.6 Å². The summed E-state index contributed by atoms with van der Waals surface area (Å²) in [5.41, 5.74) is 3.18. The van der Waals surface area contributed by atoms with Crippen LogP contribution in [0.15, 0.2) is 54.7 Å². The number of hydrogen-bond donors (Lipinski definition) is 2. The van der Waals surface area contributed by atoms with E-state index in [4.69, 9.17) is 11.6 Å². The Balaban J connectivity index is 1.48. The Morgan fingerprint density at radius 2 is 1.81 bits per heavy atom. The summed E-state index contributed by atoms with van der Waals surface area (Å²) in [6, 6.07) is 16.0. The third-order valence-electron chi connectivity index (χ3n) is 6.44. The minimum absolute atomic E-state index is 0.0597. The van der Waals surface area contributed by atoms with Gasteiger partial charge in [0.05, 0.1) is 0 Å². The van der Waals surface area contributed by atoms with E-state index in [-0.39, 0.29) is 23.7 Å². The van der Waals surface area contributed by atoms with Crippen LogP contribution in [-0.4, -0.2) is 41.3 Å². The van der Waals surface area contributed by atoms with Gasteiger partial charge in [0.15, 0.2) is 0 Å². The summed E-state index contributed by atoms with van der Waals surface area (Å²) in [6.45, 7) is 3.81. The maximum Gasteiger partial charge on any atom is 0.223 e. The Morgan fingerprint density at radius 3 is 2.56 bits per heavy atom. The Kier molecular flexibility index (Phi) is 7.15. The minimum Gasteiger partial charge on any atom is -0.361 e. The Labute approximate surface area is 194 Å². The molecule has 0 saturated carbocycles. The number of aromatic nitrogens is 1. The van der Waals surface area contributed by atoms with Crippen LogP contribution in [0.25, 0.3) is 10.9 Å². The van der Waals surface area contributed by atoms with Crippen molar-refractivity contribution in [3.05, 3.63) is 70.9 Å². The van der Waals surface area contributed by atoms with Gasteiger partial charge >= 0.3 is 0 Å². The number of fused-ring (bicyclic) bond motifs is 1. The minimum atomic E-state index is -0.0602. The molecule has 4 rings (SSSR count). The molecule has 2 amide bonds. The van der Waals surface area contributed by atoms with Crippen molar-refractivity contribution in [3.63, 3.8) is 0 Å². The van der Waals surface area contributed by atoms with Crippen LogP contribution in [0, 0.1) is 5.92 Å². The van der Waals surface area contributed by atoms with Crippen molar-refractivity contribution in [1.82, 2.24) is 15.2 Å². The largest absolute Gasteiger partial charge is 0.361 e. The molecule has 5 nitrogen and oxygen atoms in total. The van der Waals surface area contributed by atoms with E-state index in [1.165, 1.54) is 0 Å². The molecule has 1 aliphatic heterocycles. The molecule has 3 aromatic rings. The van der Waals surface area contributed by atoms with Crippen LogP contribution in [-0.2, 0) is 9.59 Å². The van der Waals surface area contributed by atoms with Gasteiger partial charge in [0.2, 0.25) is 11.8 Å². The number of aromatic amines is 1. The van der Waals surface area contributed by atoms with E-state index in [0.717, 1.165) is 28.5 Å². The zero-order chi connectivity index (χ0) is 22.5. The Bertz CT molecular complexity index is 1090.